The summed E-state index contributed by atoms with van der Waals surface area (Å²) in [5, 5.41) is 0. The van der Waals surface area contributed by atoms with Gasteiger partial charge in [-0.15, -0.1) is 11.1 Å². The Morgan fingerprint density at radius 1 is 1.04 bits per heavy atom. The maximum absolute atomic E-state index is 3.45. The average molecular weight is 521 g/mol. The molecule has 0 nitrogen and oxygen atoms in total. The predicted octanol–water partition coefficient (Wildman–Crippen LogP) is -0.761. The van der Waals surface area contributed by atoms with E-state index < -0.39 is 0 Å². The maximum Gasteiger partial charge on any atom is 0.00806 e. The van der Waals surface area contributed by atoms with Crippen molar-refractivity contribution in [1.29, 1.82) is 0 Å². The van der Waals surface area contributed by atoms with Gasteiger partial charge in [0.2, 0.25) is 0 Å². The summed E-state index contributed by atoms with van der Waals surface area (Å²) in [5.74, 6) is 0.410. The Morgan fingerprint density at radius 2 is 1.71 bits per heavy atom. The van der Waals surface area contributed by atoms with Crippen molar-refractivity contribution in [2.45, 2.75) is 26.2 Å². The topological polar surface area (TPSA) is 0 Å². The predicted molar refractivity (Wildman–Crippen MR) is 90.8 cm³/mol. The molecule has 1 unspecified atom stereocenters. The van der Waals surface area contributed by atoms with Gasteiger partial charge in [-0.1, -0.05) is 53.6 Å². The van der Waals surface area contributed by atoms with E-state index in [-0.39, 0.29) is 24.8 Å². The van der Waals surface area contributed by atoms with Gasteiger partial charge in [0.25, 0.3) is 0 Å². The Bertz CT molecular complexity index is 725. The maximum atomic E-state index is 3.45. The van der Waals surface area contributed by atoms with Crippen molar-refractivity contribution in [3.8, 4) is 11.1 Å². The van der Waals surface area contributed by atoms with Gasteiger partial charge in [-0.3, -0.25) is 0 Å². The summed E-state index contributed by atoms with van der Waals surface area (Å²) < 4.78 is 1.56. The van der Waals surface area contributed by atoms with Crippen LogP contribution in [-0.4, -0.2) is 3.26 Å². The first-order valence-corrected chi connectivity index (χ1v) is 9.45. The van der Waals surface area contributed by atoms with E-state index in [0.29, 0.717) is 5.92 Å². The van der Waals surface area contributed by atoms with Gasteiger partial charge in [0, 0.05) is 5.92 Å². The van der Waals surface area contributed by atoms with Crippen LogP contribution in [0.25, 0.3) is 11.1 Å². The van der Waals surface area contributed by atoms with Crippen LogP contribution in [-0.2, 0) is 23.9 Å². The fraction of sp³-hybridized carbons (Fsp3) is 0.190. The van der Waals surface area contributed by atoms with Crippen molar-refractivity contribution in [2.75, 3.05) is 0 Å². The standard InChI is InChI=1S/C18H13.C3H6.2ClH.Hf/c1-2-8-13(7-1)18-16-11-5-3-9-14(16)15-10-4-6-12-17(15)18;1-3-2;;;/h1-7,9-11,18H,8H2;1-2H3;2*1H;/q-1;;;;+2/p-2. The first-order valence-electron chi connectivity index (χ1n) is 7.65. The molecule has 0 heterocycles. The Morgan fingerprint density at radius 3 is 2.38 bits per heavy atom. The molecule has 0 saturated carbocycles. The Balaban J connectivity index is 0.000000438. The molecule has 2 aromatic rings. The molecule has 0 radical (unpaired) electrons. The van der Waals surface area contributed by atoms with Crippen molar-refractivity contribution >= 4 is 3.26 Å². The van der Waals surface area contributed by atoms with Crippen LogP contribution in [0.5, 0.6) is 0 Å². The molecule has 2 aliphatic carbocycles. The smallest absolute Gasteiger partial charge is 0.00806 e. The van der Waals surface area contributed by atoms with Gasteiger partial charge in [-0.25, -0.2) is 0 Å². The van der Waals surface area contributed by atoms with Crippen LogP contribution in [0.2, 0.25) is 0 Å². The summed E-state index contributed by atoms with van der Waals surface area (Å²) >= 11 is 1.27. The van der Waals surface area contributed by atoms with E-state index in [9.17, 15) is 0 Å². The van der Waals surface area contributed by atoms with E-state index >= 15 is 0 Å². The molecule has 2 aliphatic rings. The molecule has 0 bridgehead atoms. The monoisotopic (exact) mass is 521 g/mol. The van der Waals surface area contributed by atoms with Gasteiger partial charge in [0.05, 0.1) is 0 Å². The normalized spacial score (nSPS) is 15.8. The SMILES string of the molecule is C[C](C)=[Hf+2].[Cl-].[Cl-].[c-]1cccc2c1C(C1=CC=CC1)c1ccccc1-2. The molecule has 1 atom stereocenters. The van der Waals surface area contributed by atoms with Crippen LogP contribution in [0.3, 0.4) is 0 Å². The molecule has 0 amide bonds. The van der Waals surface area contributed by atoms with Crippen LogP contribution in [0.4, 0.5) is 0 Å². The second-order valence-electron chi connectivity index (χ2n) is 5.89. The summed E-state index contributed by atoms with van der Waals surface area (Å²) in [7, 11) is 0. The van der Waals surface area contributed by atoms with Gasteiger partial charge >= 0.3 is 41.0 Å². The molecule has 0 N–H and O–H groups in total. The van der Waals surface area contributed by atoms with Crippen LogP contribution in [0, 0.1) is 6.07 Å². The molecule has 0 saturated heterocycles. The van der Waals surface area contributed by atoms with Crippen molar-refractivity contribution in [3.63, 3.8) is 0 Å². The van der Waals surface area contributed by atoms with Crippen LogP contribution < -0.4 is 24.8 Å². The fourth-order valence-corrected chi connectivity index (χ4v) is 3.14. The molecule has 0 aliphatic heterocycles. The van der Waals surface area contributed by atoms with Crippen molar-refractivity contribution in [2.24, 2.45) is 0 Å². The van der Waals surface area contributed by atoms with Crippen LogP contribution >= 0.6 is 0 Å². The Kier molecular flexibility index (Phi) is 8.56. The summed E-state index contributed by atoms with van der Waals surface area (Å²) in [5.41, 5.74) is 7.00. The van der Waals surface area contributed by atoms with E-state index in [2.05, 4.69) is 74.5 Å². The third-order valence-electron chi connectivity index (χ3n) is 3.91. The summed E-state index contributed by atoms with van der Waals surface area (Å²) in [6.45, 7) is 4.29. The number of hydrogen-bond acceptors (Lipinski definition) is 0. The summed E-state index contributed by atoms with van der Waals surface area (Å²) in [4.78, 5) is 0. The number of fused-ring (bicyclic) bond motifs is 3. The zero-order valence-electron chi connectivity index (χ0n) is 13.8. The molecule has 0 fully saturated rings. The van der Waals surface area contributed by atoms with Gasteiger partial charge in [0.1, 0.15) is 0 Å². The van der Waals surface area contributed by atoms with Crippen molar-refractivity contribution in [1.82, 2.24) is 0 Å². The molecular formula is C21H19Cl2Hf-. The van der Waals surface area contributed by atoms with Crippen LogP contribution in [0.1, 0.15) is 37.3 Å². The van der Waals surface area contributed by atoms with Crippen molar-refractivity contribution in [3.05, 3.63) is 83.5 Å². The van der Waals surface area contributed by atoms with Gasteiger partial charge in [-0.2, -0.15) is 24.3 Å². The fourth-order valence-electron chi connectivity index (χ4n) is 3.14. The number of hydrogen-bond donors (Lipinski definition) is 0. The number of benzene rings is 2. The minimum Gasteiger partial charge on any atom is -1.00 e. The first-order chi connectivity index (χ1) is 10.7. The van der Waals surface area contributed by atoms with Crippen LogP contribution in [0.15, 0.2) is 66.3 Å². The molecular weight excluding hydrogens is 502 g/mol. The third kappa shape index (κ3) is 4.45. The molecule has 0 spiro atoms. The van der Waals surface area contributed by atoms with E-state index in [0.717, 1.165) is 6.42 Å². The molecule has 3 heteroatoms. The first kappa shape index (κ1) is 21.3. The minimum atomic E-state index is 0. The van der Waals surface area contributed by atoms with E-state index in [1.807, 2.05) is 6.07 Å². The van der Waals surface area contributed by atoms with Crippen molar-refractivity contribution < 1.29 is 48.7 Å². The second kappa shape index (κ2) is 9.65. The molecule has 4 rings (SSSR count). The third-order valence-corrected chi connectivity index (χ3v) is 3.91. The zero-order valence-corrected chi connectivity index (χ0v) is 18.9. The van der Waals surface area contributed by atoms with E-state index in [1.54, 1.807) is 3.26 Å². The Labute approximate surface area is 171 Å². The largest absolute Gasteiger partial charge is 1.00 e. The minimum absolute atomic E-state index is 0. The quantitative estimate of drug-likeness (QED) is 0.343. The number of rotatable bonds is 1. The zero-order chi connectivity index (χ0) is 15.5. The molecule has 24 heavy (non-hydrogen) atoms. The molecule has 0 aromatic heterocycles. The van der Waals surface area contributed by atoms with Gasteiger partial charge < -0.3 is 24.8 Å². The molecule has 122 valence electrons. The average Bonchev–Trinajstić information content (AvgIpc) is 3.11. The number of halogens is 2. The Hall–Kier alpha value is -0.760. The summed E-state index contributed by atoms with van der Waals surface area (Å²) in [6, 6.07) is 18.5. The molecule has 2 aromatic carbocycles. The van der Waals surface area contributed by atoms with Gasteiger partial charge in [0.15, 0.2) is 0 Å². The second-order valence-corrected chi connectivity index (χ2v) is 9.48. The van der Waals surface area contributed by atoms with E-state index in [1.165, 1.54) is 51.7 Å². The van der Waals surface area contributed by atoms with E-state index in [4.69, 9.17) is 0 Å². The number of allylic oxidation sites excluding steroid dienone is 4. The van der Waals surface area contributed by atoms with Gasteiger partial charge in [-0.05, 0) is 12.0 Å². The summed E-state index contributed by atoms with van der Waals surface area (Å²) in [6.07, 6.45) is 7.73.